The Morgan fingerprint density at radius 2 is 1.93 bits per heavy atom. The lowest BCUT2D eigenvalue weighted by Gasteiger charge is -2.12. The Labute approximate surface area is 177 Å². The van der Waals surface area contributed by atoms with E-state index in [2.05, 4.69) is 0 Å². The highest BCUT2D eigenvalue weighted by Gasteiger charge is 2.32. The molecule has 1 saturated heterocycles. The first-order valence-corrected chi connectivity index (χ1v) is 9.98. The molecule has 1 aliphatic rings. The van der Waals surface area contributed by atoms with Crippen molar-refractivity contribution < 1.29 is 18.7 Å². The van der Waals surface area contributed by atoms with E-state index < -0.39 is 5.97 Å². The molecule has 1 aromatic heterocycles. The van der Waals surface area contributed by atoms with Gasteiger partial charge in [0.15, 0.2) is 0 Å². The predicted molar refractivity (Wildman–Crippen MR) is 115 cm³/mol. The number of ether oxygens (including phenoxy) is 1. The Hall–Kier alpha value is -3.16. The second kappa shape index (κ2) is 8.46. The lowest BCUT2D eigenvalue weighted by atomic mass is 10.2. The molecule has 1 aliphatic heterocycles. The van der Waals surface area contributed by atoms with E-state index in [0.29, 0.717) is 32.8 Å². The highest BCUT2D eigenvalue weighted by Crippen LogP contribution is 2.34. The zero-order valence-electron chi connectivity index (χ0n) is 15.1. The standard InChI is InChI=1S/C22H15NO4S2/c24-20-19(29-22(28)23(20)14-18-10-5-11-26-18)13-15-6-4-9-17(12-15)27-21(25)16-7-2-1-3-8-16/h1-13H,14H2. The van der Waals surface area contributed by atoms with Crippen molar-refractivity contribution in [2.75, 3.05) is 0 Å². The fourth-order valence-electron chi connectivity index (χ4n) is 2.75. The maximum Gasteiger partial charge on any atom is 0.343 e. The first-order valence-electron chi connectivity index (χ1n) is 8.75. The minimum Gasteiger partial charge on any atom is -0.467 e. The van der Waals surface area contributed by atoms with Gasteiger partial charge in [-0.3, -0.25) is 9.69 Å². The van der Waals surface area contributed by atoms with Gasteiger partial charge in [0.25, 0.3) is 5.91 Å². The molecule has 5 nitrogen and oxygen atoms in total. The maximum atomic E-state index is 12.7. The molecule has 2 heterocycles. The number of esters is 1. The Kier molecular flexibility index (Phi) is 5.59. The van der Waals surface area contributed by atoms with Crippen LogP contribution in [0.2, 0.25) is 0 Å². The summed E-state index contributed by atoms with van der Waals surface area (Å²) in [4.78, 5) is 27.0. The topological polar surface area (TPSA) is 59.8 Å². The number of amides is 1. The molecule has 144 valence electrons. The van der Waals surface area contributed by atoms with Crippen LogP contribution in [0.25, 0.3) is 6.08 Å². The van der Waals surface area contributed by atoms with Gasteiger partial charge in [0.05, 0.1) is 23.3 Å². The highest BCUT2D eigenvalue weighted by molar-refractivity contribution is 8.26. The van der Waals surface area contributed by atoms with Gasteiger partial charge in [0, 0.05) is 0 Å². The van der Waals surface area contributed by atoms with Crippen molar-refractivity contribution in [1.82, 2.24) is 4.90 Å². The van der Waals surface area contributed by atoms with E-state index in [-0.39, 0.29) is 5.91 Å². The molecule has 1 fully saturated rings. The molecule has 0 bridgehead atoms. The van der Waals surface area contributed by atoms with Gasteiger partial charge in [-0.1, -0.05) is 54.3 Å². The first-order chi connectivity index (χ1) is 14.1. The van der Waals surface area contributed by atoms with Crippen molar-refractivity contribution >= 4 is 46.3 Å². The summed E-state index contributed by atoms with van der Waals surface area (Å²) in [6.07, 6.45) is 3.30. The molecule has 0 saturated carbocycles. The predicted octanol–water partition coefficient (Wildman–Crippen LogP) is 4.90. The number of rotatable bonds is 5. The molecule has 0 N–H and O–H groups in total. The van der Waals surface area contributed by atoms with Gasteiger partial charge in [0.1, 0.15) is 15.8 Å². The normalized spacial score (nSPS) is 15.2. The van der Waals surface area contributed by atoms with E-state index in [0.717, 1.165) is 5.56 Å². The molecule has 0 spiro atoms. The fourth-order valence-corrected chi connectivity index (χ4v) is 4.01. The highest BCUT2D eigenvalue weighted by atomic mass is 32.2. The number of furan rings is 1. The number of hydrogen-bond acceptors (Lipinski definition) is 6. The Morgan fingerprint density at radius 3 is 2.69 bits per heavy atom. The SMILES string of the molecule is O=C(Oc1cccc(C=C2SC(=S)N(Cc3ccco3)C2=O)c1)c1ccccc1. The Bertz CT molecular complexity index is 1090. The van der Waals surface area contributed by atoms with Crippen LogP contribution < -0.4 is 4.74 Å². The van der Waals surface area contributed by atoms with Crippen molar-refractivity contribution in [2.24, 2.45) is 0 Å². The molecule has 0 atom stereocenters. The number of thiocarbonyl (C=S) groups is 1. The van der Waals surface area contributed by atoms with Crippen LogP contribution in [-0.2, 0) is 11.3 Å². The second-order valence-electron chi connectivity index (χ2n) is 6.18. The van der Waals surface area contributed by atoms with E-state index in [4.69, 9.17) is 21.4 Å². The van der Waals surface area contributed by atoms with Crippen LogP contribution in [0.3, 0.4) is 0 Å². The molecule has 4 rings (SSSR count). The molecule has 7 heteroatoms. The van der Waals surface area contributed by atoms with Crippen molar-refractivity contribution in [3.8, 4) is 5.75 Å². The van der Waals surface area contributed by atoms with Gasteiger partial charge >= 0.3 is 5.97 Å². The summed E-state index contributed by atoms with van der Waals surface area (Å²) in [6.45, 7) is 0.295. The van der Waals surface area contributed by atoms with Gasteiger partial charge in [0.2, 0.25) is 0 Å². The maximum absolute atomic E-state index is 12.7. The van der Waals surface area contributed by atoms with Gasteiger partial charge in [-0.2, -0.15) is 0 Å². The number of benzene rings is 2. The fraction of sp³-hybridized carbons (Fsp3) is 0.0455. The molecule has 3 aromatic rings. The van der Waals surface area contributed by atoms with Gasteiger partial charge in [-0.25, -0.2) is 4.79 Å². The van der Waals surface area contributed by atoms with Gasteiger partial charge in [-0.15, -0.1) is 0 Å². The Morgan fingerprint density at radius 1 is 1.10 bits per heavy atom. The number of carbonyl (C=O) groups excluding carboxylic acids is 2. The van der Waals surface area contributed by atoms with Crippen LogP contribution in [0.1, 0.15) is 21.7 Å². The molecule has 0 aliphatic carbocycles. The van der Waals surface area contributed by atoms with Crippen molar-refractivity contribution in [3.05, 3.63) is 94.8 Å². The molecule has 0 unspecified atom stereocenters. The summed E-state index contributed by atoms with van der Waals surface area (Å²) in [6, 6.07) is 19.3. The third-order valence-corrected chi connectivity index (χ3v) is 5.52. The summed E-state index contributed by atoms with van der Waals surface area (Å²) in [5, 5.41) is 0. The zero-order valence-corrected chi connectivity index (χ0v) is 16.7. The molecule has 2 aromatic carbocycles. The summed E-state index contributed by atoms with van der Waals surface area (Å²) >= 11 is 6.57. The van der Waals surface area contributed by atoms with Crippen LogP contribution >= 0.6 is 24.0 Å². The van der Waals surface area contributed by atoms with Crippen molar-refractivity contribution in [1.29, 1.82) is 0 Å². The molecular formula is C22H15NO4S2. The van der Waals surface area contributed by atoms with Crippen molar-refractivity contribution in [3.63, 3.8) is 0 Å². The molecular weight excluding hydrogens is 406 g/mol. The molecule has 1 amide bonds. The molecule has 0 radical (unpaired) electrons. The Balaban J connectivity index is 1.50. The summed E-state index contributed by atoms with van der Waals surface area (Å²) in [5.41, 5.74) is 1.21. The van der Waals surface area contributed by atoms with Gasteiger partial charge < -0.3 is 9.15 Å². The number of nitrogens with zero attached hydrogens (tertiary/aromatic N) is 1. The minimum absolute atomic E-state index is 0.178. The zero-order chi connectivity index (χ0) is 20.2. The smallest absolute Gasteiger partial charge is 0.343 e. The van der Waals surface area contributed by atoms with E-state index in [1.54, 1.807) is 66.9 Å². The monoisotopic (exact) mass is 421 g/mol. The van der Waals surface area contributed by atoms with Crippen LogP contribution in [0.5, 0.6) is 5.75 Å². The number of hydrogen-bond donors (Lipinski definition) is 0. The van der Waals surface area contributed by atoms with Crippen molar-refractivity contribution in [2.45, 2.75) is 6.54 Å². The van der Waals surface area contributed by atoms with Crippen LogP contribution in [-0.4, -0.2) is 21.1 Å². The van der Waals surface area contributed by atoms with Gasteiger partial charge in [-0.05, 0) is 48.0 Å². The lowest BCUT2D eigenvalue weighted by molar-refractivity contribution is -0.122. The van der Waals surface area contributed by atoms with Crippen LogP contribution in [0.15, 0.2) is 82.3 Å². The first kappa shape index (κ1) is 19.2. The average molecular weight is 421 g/mol. The van der Waals surface area contributed by atoms with E-state index in [1.807, 2.05) is 12.1 Å². The minimum atomic E-state index is -0.437. The third-order valence-electron chi connectivity index (χ3n) is 4.14. The van der Waals surface area contributed by atoms with Crippen LogP contribution in [0, 0.1) is 0 Å². The summed E-state index contributed by atoms with van der Waals surface area (Å²) < 4.78 is 11.2. The van der Waals surface area contributed by atoms with E-state index >= 15 is 0 Å². The van der Waals surface area contributed by atoms with E-state index in [9.17, 15) is 9.59 Å². The molecule has 29 heavy (non-hydrogen) atoms. The third kappa shape index (κ3) is 4.47. The van der Waals surface area contributed by atoms with E-state index in [1.165, 1.54) is 16.7 Å². The second-order valence-corrected chi connectivity index (χ2v) is 7.85. The summed E-state index contributed by atoms with van der Waals surface area (Å²) in [7, 11) is 0. The average Bonchev–Trinajstić information content (AvgIpc) is 3.33. The number of thioether (sulfide) groups is 1. The quantitative estimate of drug-likeness (QED) is 0.253. The van der Waals surface area contributed by atoms with Crippen LogP contribution in [0.4, 0.5) is 0 Å². The number of carbonyl (C=O) groups is 2. The lowest BCUT2D eigenvalue weighted by Crippen LogP contribution is -2.27. The largest absolute Gasteiger partial charge is 0.467 e. The summed E-state index contributed by atoms with van der Waals surface area (Å²) in [5.74, 6) is 0.451.